The average Bonchev–Trinajstić information content (AvgIpc) is 2.77. The second-order valence-electron chi connectivity index (χ2n) is 7.02. The highest BCUT2D eigenvalue weighted by Crippen LogP contribution is 2.18. The fraction of sp³-hybridized carbons (Fsp3) is 0.304. The van der Waals surface area contributed by atoms with Crippen molar-refractivity contribution >= 4 is 5.91 Å². The minimum atomic E-state index is -0.338. The van der Waals surface area contributed by atoms with Crippen molar-refractivity contribution in [1.82, 2.24) is 20.5 Å². The van der Waals surface area contributed by atoms with Crippen LogP contribution in [0.15, 0.2) is 59.4 Å². The van der Waals surface area contributed by atoms with Gasteiger partial charge in [-0.25, -0.2) is 0 Å². The molecule has 0 saturated heterocycles. The summed E-state index contributed by atoms with van der Waals surface area (Å²) in [6.45, 7) is 4.62. The molecule has 0 saturated carbocycles. The monoisotopic (exact) mass is 406 g/mol. The number of aryl methyl sites for hydroxylation is 1. The van der Waals surface area contributed by atoms with Gasteiger partial charge in [0.1, 0.15) is 11.4 Å². The highest BCUT2D eigenvalue weighted by Gasteiger charge is 2.12. The molecule has 0 spiro atoms. The minimum absolute atomic E-state index is 0.102. The number of ether oxygens (including phenoxy) is 1. The van der Waals surface area contributed by atoms with Crippen molar-refractivity contribution in [2.24, 2.45) is 0 Å². The Morgan fingerprint density at radius 2 is 1.83 bits per heavy atom. The van der Waals surface area contributed by atoms with Crippen LogP contribution in [0.2, 0.25) is 0 Å². The molecule has 0 aliphatic carbocycles. The molecule has 0 radical (unpaired) electrons. The first-order valence-electron chi connectivity index (χ1n) is 10.1. The van der Waals surface area contributed by atoms with Gasteiger partial charge in [0.15, 0.2) is 5.82 Å². The highest BCUT2D eigenvalue weighted by molar-refractivity contribution is 5.76. The third kappa shape index (κ3) is 5.76. The van der Waals surface area contributed by atoms with E-state index < -0.39 is 0 Å². The van der Waals surface area contributed by atoms with Gasteiger partial charge in [0.05, 0.1) is 12.6 Å². The molecule has 1 atom stereocenters. The van der Waals surface area contributed by atoms with E-state index in [0.717, 1.165) is 23.3 Å². The van der Waals surface area contributed by atoms with Crippen LogP contribution in [-0.4, -0.2) is 27.7 Å². The number of nitrogens with one attached hydrogen (secondary N) is 2. The largest absolute Gasteiger partial charge is 0.494 e. The van der Waals surface area contributed by atoms with Crippen molar-refractivity contribution < 1.29 is 9.53 Å². The van der Waals surface area contributed by atoms with Gasteiger partial charge in [-0.1, -0.05) is 37.3 Å². The number of aromatic amines is 1. The molecule has 2 aromatic carbocycles. The van der Waals surface area contributed by atoms with Gasteiger partial charge < -0.3 is 15.0 Å². The standard InChI is InChI=1S/C23H26N4O3/c1-3-15-30-19-11-9-18(10-12-19)22-25-23(29)20(26-27-22)13-14-21(28)24-16(2)17-7-5-4-6-8-17/h4-12,16H,3,13-15H2,1-2H3,(H,24,28)(H,25,27,29). The van der Waals surface area contributed by atoms with E-state index in [9.17, 15) is 9.59 Å². The molecule has 1 heterocycles. The van der Waals surface area contributed by atoms with E-state index in [4.69, 9.17) is 4.74 Å². The van der Waals surface area contributed by atoms with Gasteiger partial charge in [0, 0.05) is 18.4 Å². The molecule has 1 aromatic heterocycles. The number of carbonyl (C=O) groups is 1. The number of hydrogen-bond acceptors (Lipinski definition) is 5. The maximum absolute atomic E-state index is 12.4. The zero-order valence-electron chi connectivity index (χ0n) is 17.2. The SMILES string of the molecule is CCCOc1ccc(-c2nnc(CCC(=O)NC(C)c3ccccc3)c(=O)[nH]2)cc1. The van der Waals surface area contributed by atoms with Crippen LogP contribution in [0.4, 0.5) is 0 Å². The molecule has 0 bridgehead atoms. The van der Waals surface area contributed by atoms with Gasteiger partial charge >= 0.3 is 0 Å². The molecule has 0 fully saturated rings. The fourth-order valence-electron chi connectivity index (χ4n) is 2.95. The lowest BCUT2D eigenvalue weighted by molar-refractivity contribution is -0.121. The zero-order chi connectivity index (χ0) is 21.3. The molecule has 2 N–H and O–H groups in total. The van der Waals surface area contributed by atoms with Gasteiger partial charge in [-0.15, -0.1) is 10.2 Å². The topological polar surface area (TPSA) is 97.0 Å². The third-order valence-electron chi connectivity index (χ3n) is 4.63. The normalized spacial score (nSPS) is 11.7. The molecule has 1 unspecified atom stereocenters. The first-order valence-corrected chi connectivity index (χ1v) is 10.1. The van der Waals surface area contributed by atoms with Gasteiger partial charge in [-0.05, 0) is 43.2 Å². The summed E-state index contributed by atoms with van der Waals surface area (Å²) in [5, 5.41) is 11.1. The van der Waals surface area contributed by atoms with Crippen LogP contribution in [-0.2, 0) is 11.2 Å². The zero-order valence-corrected chi connectivity index (χ0v) is 17.2. The van der Waals surface area contributed by atoms with Gasteiger partial charge in [-0.2, -0.15) is 0 Å². The fourth-order valence-corrected chi connectivity index (χ4v) is 2.95. The maximum atomic E-state index is 12.4. The molecule has 1 amide bonds. The number of nitrogens with zero attached hydrogens (tertiary/aromatic N) is 2. The predicted octanol–water partition coefficient (Wildman–Crippen LogP) is 3.43. The summed E-state index contributed by atoms with van der Waals surface area (Å²) in [5.74, 6) is 1.01. The third-order valence-corrected chi connectivity index (χ3v) is 4.63. The number of H-pyrrole nitrogens is 1. The van der Waals surface area contributed by atoms with E-state index >= 15 is 0 Å². The van der Waals surface area contributed by atoms with Crippen molar-refractivity contribution in [3.63, 3.8) is 0 Å². The predicted molar refractivity (Wildman–Crippen MR) is 115 cm³/mol. The lowest BCUT2D eigenvalue weighted by Gasteiger charge is -2.14. The number of aromatic nitrogens is 3. The molecule has 0 aliphatic heterocycles. The van der Waals surface area contributed by atoms with E-state index in [0.29, 0.717) is 12.4 Å². The summed E-state index contributed by atoms with van der Waals surface area (Å²) in [4.78, 5) is 27.3. The van der Waals surface area contributed by atoms with E-state index in [2.05, 4.69) is 20.5 Å². The summed E-state index contributed by atoms with van der Waals surface area (Å²) in [7, 11) is 0. The molecular formula is C23H26N4O3. The highest BCUT2D eigenvalue weighted by atomic mass is 16.5. The van der Waals surface area contributed by atoms with Gasteiger partial charge in [0.25, 0.3) is 5.56 Å². The lowest BCUT2D eigenvalue weighted by Crippen LogP contribution is -2.28. The summed E-state index contributed by atoms with van der Waals surface area (Å²) < 4.78 is 5.55. The van der Waals surface area contributed by atoms with Crippen LogP contribution >= 0.6 is 0 Å². The first kappa shape index (κ1) is 21.2. The second-order valence-corrected chi connectivity index (χ2v) is 7.02. The number of benzene rings is 2. The van der Waals surface area contributed by atoms with Gasteiger partial charge in [0.2, 0.25) is 5.91 Å². The number of carbonyl (C=O) groups excluding carboxylic acids is 1. The summed E-state index contributed by atoms with van der Waals surface area (Å²) in [6, 6.07) is 16.9. The van der Waals surface area contributed by atoms with Crippen LogP contribution in [0.1, 0.15) is 44.0 Å². The Balaban J connectivity index is 1.57. The molecule has 7 nitrogen and oxygen atoms in total. The summed E-state index contributed by atoms with van der Waals surface area (Å²) in [5.41, 5.74) is 1.67. The van der Waals surface area contributed by atoms with Crippen molar-refractivity contribution in [2.45, 2.75) is 39.2 Å². The molecule has 156 valence electrons. The Morgan fingerprint density at radius 1 is 1.10 bits per heavy atom. The van der Waals surface area contributed by atoms with E-state index in [1.165, 1.54) is 0 Å². The van der Waals surface area contributed by atoms with Crippen LogP contribution in [0.25, 0.3) is 11.4 Å². The molecule has 30 heavy (non-hydrogen) atoms. The number of rotatable bonds is 9. The van der Waals surface area contributed by atoms with Crippen molar-refractivity contribution in [2.75, 3.05) is 6.61 Å². The molecule has 0 aliphatic rings. The Labute approximate surface area is 175 Å². The summed E-state index contributed by atoms with van der Waals surface area (Å²) >= 11 is 0. The minimum Gasteiger partial charge on any atom is -0.494 e. The Bertz CT molecular complexity index is 1020. The molecular weight excluding hydrogens is 380 g/mol. The molecule has 7 heteroatoms. The Morgan fingerprint density at radius 3 is 2.50 bits per heavy atom. The molecule has 3 aromatic rings. The Hall–Kier alpha value is -3.48. The smallest absolute Gasteiger partial charge is 0.273 e. The van der Waals surface area contributed by atoms with Crippen LogP contribution in [0.3, 0.4) is 0 Å². The lowest BCUT2D eigenvalue weighted by atomic mass is 10.1. The van der Waals surface area contributed by atoms with Gasteiger partial charge in [-0.3, -0.25) is 9.59 Å². The van der Waals surface area contributed by atoms with Crippen LogP contribution < -0.4 is 15.6 Å². The average molecular weight is 406 g/mol. The van der Waals surface area contributed by atoms with Crippen molar-refractivity contribution in [3.8, 4) is 17.1 Å². The van der Waals surface area contributed by atoms with Crippen LogP contribution in [0.5, 0.6) is 5.75 Å². The Kier molecular flexibility index (Phi) is 7.32. The maximum Gasteiger partial charge on any atom is 0.273 e. The van der Waals surface area contributed by atoms with Crippen LogP contribution in [0, 0.1) is 0 Å². The number of hydrogen-bond donors (Lipinski definition) is 2. The van der Waals surface area contributed by atoms with Crippen molar-refractivity contribution in [3.05, 3.63) is 76.2 Å². The van der Waals surface area contributed by atoms with E-state index in [1.54, 1.807) is 0 Å². The quantitative estimate of drug-likeness (QED) is 0.567. The van der Waals surface area contributed by atoms with E-state index in [1.807, 2.05) is 68.4 Å². The number of amides is 1. The first-order chi connectivity index (χ1) is 14.6. The molecule has 3 rings (SSSR count). The van der Waals surface area contributed by atoms with Crippen molar-refractivity contribution in [1.29, 1.82) is 0 Å². The second kappa shape index (κ2) is 10.3. The van der Waals surface area contributed by atoms with E-state index in [-0.39, 0.29) is 36.0 Å². The summed E-state index contributed by atoms with van der Waals surface area (Å²) in [6.07, 6.45) is 1.32.